The molecule has 1 atom stereocenters. The van der Waals surface area contributed by atoms with E-state index in [4.69, 9.17) is 22.1 Å². The molecule has 0 radical (unpaired) electrons. The van der Waals surface area contributed by atoms with Crippen LogP contribution >= 0.6 is 11.6 Å². The molecule has 0 heterocycles. The number of aryl methyl sites for hydroxylation is 1. The van der Waals surface area contributed by atoms with Gasteiger partial charge in [-0.15, -0.1) is 0 Å². The summed E-state index contributed by atoms with van der Waals surface area (Å²) in [4.78, 5) is 21.9. The van der Waals surface area contributed by atoms with Crippen molar-refractivity contribution in [1.29, 1.82) is 0 Å². The minimum Gasteiger partial charge on any atom is -0.333 e. The molecule has 2 aromatic rings. The van der Waals surface area contributed by atoms with Crippen molar-refractivity contribution >= 4 is 41.8 Å². The average Bonchev–Trinajstić information content (AvgIpc) is 2.67. The molecular formula is C20H30ClN3O2. The second-order valence-electron chi connectivity index (χ2n) is 5.64. The van der Waals surface area contributed by atoms with E-state index in [1.54, 1.807) is 0 Å². The van der Waals surface area contributed by atoms with Gasteiger partial charge in [0.2, 0.25) is 0 Å². The van der Waals surface area contributed by atoms with Crippen molar-refractivity contribution in [3.8, 4) is 0 Å². The first-order valence-corrected chi connectivity index (χ1v) is 8.51. The molecule has 26 heavy (non-hydrogen) atoms. The van der Waals surface area contributed by atoms with Crippen molar-refractivity contribution in [3.63, 3.8) is 0 Å². The van der Waals surface area contributed by atoms with Gasteiger partial charge in [0.1, 0.15) is 6.79 Å². The monoisotopic (exact) mass is 379 g/mol. The fraction of sp³-hybridized carbons (Fsp3) is 0.350. The van der Waals surface area contributed by atoms with E-state index in [0.29, 0.717) is 12.3 Å². The van der Waals surface area contributed by atoms with E-state index in [0.717, 1.165) is 10.4 Å². The van der Waals surface area contributed by atoms with Gasteiger partial charge in [-0.05, 0) is 50.0 Å². The SMILES string of the molecule is C=NC(=O)C(N)CC(C)C.C=O.CN.Cc1ccc(Cl)c2ccccc12. The van der Waals surface area contributed by atoms with Crippen LogP contribution in [-0.4, -0.2) is 32.5 Å². The summed E-state index contributed by atoms with van der Waals surface area (Å²) in [5.41, 5.74) is 11.2. The molecule has 0 aromatic heterocycles. The zero-order chi connectivity index (χ0) is 20.7. The van der Waals surface area contributed by atoms with E-state index < -0.39 is 6.04 Å². The van der Waals surface area contributed by atoms with Gasteiger partial charge in [0, 0.05) is 10.4 Å². The molecule has 2 rings (SSSR count). The van der Waals surface area contributed by atoms with Crippen LogP contribution in [0, 0.1) is 12.8 Å². The first-order valence-electron chi connectivity index (χ1n) is 8.13. The van der Waals surface area contributed by atoms with E-state index in [2.05, 4.69) is 30.4 Å². The first kappa shape index (κ1) is 26.2. The molecule has 144 valence electrons. The first-order chi connectivity index (χ1) is 12.4. The largest absolute Gasteiger partial charge is 0.333 e. The number of nitrogens with two attached hydrogens (primary N) is 2. The summed E-state index contributed by atoms with van der Waals surface area (Å²) in [6.07, 6.45) is 0.678. The van der Waals surface area contributed by atoms with Crippen molar-refractivity contribution < 1.29 is 9.59 Å². The lowest BCUT2D eigenvalue weighted by Crippen LogP contribution is -2.30. The van der Waals surface area contributed by atoms with Gasteiger partial charge in [0.15, 0.2) is 0 Å². The lowest BCUT2D eigenvalue weighted by atomic mass is 10.0. The van der Waals surface area contributed by atoms with Crippen LogP contribution in [0.1, 0.15) is 25.8 Å². The highest BCUT2D eigenvalue weighted by Gasteiger charge is 2.12. The summed E-state index contributed by atoms with van der Waals surface area (Å²) in [6, 6.07) is 11.7. The molecule has 4 N–H and O–H groups in total. The molecule has 0 bridgehead atoms. The number of carbonyl (C=O) groups excluding carboxylic acids is 2. The van der Waals surface area contributed by atoms with Crippen molar-refractivity contribution in [2.45, 2.75) is 33.2 Å². The standard InChI is InChI=1S/C11H9Cl.C7H14N2O.CH5N.CH2O/c1-8-6-7-11(12)10-5-3-2-4-9(8)10;1-5(2)4-6(8)7(10)9-3;2*1-2/h2-7H,1H3;5-6H,3-4,8H2,1-2H3;2H2,1H3;1H2. The summed E-state index contributed by atoms with van der Waals surface area (Å²) in [6.45, 7) is 11.2. The molecule has 0 aliphatic carbocycles. The Morgan fingerprint density at radius 2 is 1.62 bits per heavy atom. The Morgan fingerprint density at radius 1 is 1.12 bits per heavy atom. The highest BCUT2D eigenvalue weighted by molar-refractivity contribution is 6.35. The highest BCUT2D eigenvalue weighted by Crippen LogP contribution is 2.25. The van der Waals surface area contributed by atoms with Crippen molar-refractivity contribution in [1.82, 2.24) is 0 Å². The van der Waals surface area contributed by atoms with Crippen LogP contribution in [0.25, 0.3) is 10.8 Å². The molecule has 5 nitrogen and oxygen atoms in total. The van der Waals surface area contributed by atoms with Crippen LogP contribution in [0.3, 0.4) is 0 Å². The van der Waals surface area contributed by atoms with Crippen LogP contribution in [0.5, 0.6) is 0 Å². The third-order valence-electron chi connectivity index (χ3n) is 3.29. The Bertz CT molecular complexity index is 635. The van der Waals surface area contributed by atoms with Gasteiger partial charge in [-0.2, -0.15) is 0 Å². The number of benzene rings is 2. The molecule has 0 saturated carbocycles. The van der Waals surface area contributed by atoms with Crippen molar-refractivity contribution in [3.05, 3.63) is 47.0 Å². The Balaban J connectivity index is 0. The molecule has 0 saturated heterocycles. The maximum absolute atomic E-state index is 10.7. The third kappa shape index (κ3) is 9.42. The van der Waals surface area contributed by atoms with Gasteiger partial charge < -0.3 is 16.3 Å². The maximum Gasteiger partial charge on any atom is 0.261 e. The number of hydrogen-bond donors (Lipinski definition) is 2. The topological polar surface area (TPSA) is 98.5 Å². The predicted molar refractivity (Wildman–Crippen MR) is 113 cm³/mol. The van der Waals surface area contributed by atoms with Gasteiger partial charge >= 0.3 is 0 Å². The van der Waals surface area contributed by atoms with Crippen LogP contribution in [0.15, 0.2) is 41.4 Å². The fourth-order valence-corrected chi connectivity index (χ4v) is 2.37. The highest BCUT2D eigenvalue weighted by atomic mass is 35.5. The van der Waals surface area contributed by atoms with Gasteiger partial charge in [-0.3, -0.25) is 4.79 Å². The zero-order valence-corrected chi connectivity index (χ0v) is 16.8. The number of aliphatic imine (C=N–C) groups is 1. The van der Waals surface area contributed by atoms with Crippen LogP contribution in [0.4, 0.5) is 0 Å². The number of nitrogens with zero attached hydrogens (tertiary/aromatic N) is 1. The van der Waals surface area contributed by atoms with Gasteiger partial charge in [0.05, 0.1) is 6.04 Å². The van der Waals surface area contributed by atoms with E-state index in [1.165, 1.54) is 18.0 Å². The molecular weight excluding hydrogens is 350 g/mol. The molecule has 6 heteroatoms. The number of rotatable bonds is 3. The van der Waals surface area contributed by atoms with Crippen molar-refractivity contribution in [2.75, 3.05) is 7.05 Å². The maximum atomic E-state index is 10.7. The Labute approximate surface area is 161 Å². The lowest BCUT2D eigenvalue weighted by molar-refractivity contribution is -0.119. The van der Waals surface area contributed by atoms with Crippen LogP contribution in [0.2, 0.25) is 5.02 Å². The third-order valence-corrected chi connectivity index (χ3v) is 3.62. The van der Waals surface area contributed by atoms with Crippen LogP contribution < -0.4 is 11.5 Å². The Morgan fingerprint density at radius 3 is 2.04 bits per heavy atom. The summed E-state index contributed by atoms with van der Waals surface area (Å²) >= 11 is 6.03. The number of carbonyl (C=O) groups is 2. The quantitative estimate of drug-likeness (QED) is 0.792. The molecule has 0 aliphatic rings. The Kier molecular flexibility index (Phi) is 15.3. The van der Waals surface area contributed by atoms with Crippen LogP contribution in [-0.2, 0) is 9.59 Å². The predicted octanol–water partition coefficient (Wildman–Crippen LogP) is 3.78. The summed E-state index contributed by atoms with van der Waals surface area (Å²) in [5.74, 6) is 0.120. The van der Waals surface area contributed by atoms with E-state index >= 15 is 0 Å². The molecule has 0 fully saturated rings. The summed E-state index contributed by atoms with van der Waals surface area (Å²) in [5, 5.41) is 3.21. The van der Waals surface area contributed by atoms with E-state index in [-0.39, 0.29) is 5.91 Å². The van der Waals surface area contributed by atoms with Gasteiger partial charge in [-0.25, -0.2) is 4.99 Å². The molecule has 1 amide bonds. The minimum absolute atomic E-state index is 0.311. The smallest absolute Gasteiger partial charge is 0.261 e. The van der Waals surface area contributed by atoms with E-state index in [1.807, 2.05) is 51.0 Å². The summed E-state index contributed by atoms with van der Waals surface area (Å²) < 4.78 is 0. The molecule has 2 aromatic carbocycles. The average molecular weight is 380 g/mol. The van der Waals surface area contributed by atoms with E-state index in [9.17, 15) is 4.79 Å². The number of halogens is 1. The molecule has 0 aliphatic heterocycles. The number of hydrogen-bond acceptors (Lipinski definition) is 4. The lowest BCUT2D eigenvalue weighted by Gasteiger charge is -2.08. The Hall–Kier alpha value is -2.08. The van der Waals surface area contributed by atoms with Gasteiger partial charge in [-0.1, -0.05) is 55.8 Å². The second-order valence-corrected chi connectivity index (χ2v) is 6.05. The second kappa shape index (κ2) is 15.2. The molecule has 1 unspecified atom stereocenters. The number of fused-ring (bicyclic) bond motifs is 1. The van der Waals surface area contributed by atoms with Crippen molar-refractivity contribution in [2.24, 2.45) is 22.4 Å². The van der Waals surface area contributed by atoms with Gasteiger partial charge in [0.25, 0.3) is 5.91 Å². The normalized spacial score (nSPS) is 10.3. The minimum atomic E-state index is -0.461. The zero-order valence-electron chi connectivity index (χ0n) is 16.0. The molecule has 0 spiro atoms. The summed E-state index contributed by atoms with van der Waals surface area (Å²) in [7, 11) is 1.50. The fourth-order valence-electron chi connectivity index (χ4n) is 2.14. The number of amides is 1.